The first-order valence-electron chi connectivity index (χ1n) is 10.5. The van der Waals surface area contributed by atoms with Gasteiger partial charge in [-0.25, -0.2) is 0 Å². The summed E-state index contributed by atoms with van der Waals surface area (Å²) in [6.45, 7) is 7.33. The average molecular weight is 440 g/mol. The third kappa shape index (κ3) is 5.26. The zero-order valence-corrected chi connectivity index (χ0v) is 19.3. The van der Waals surface area contributed by atoms with Crippen LogP contribution < -0.4 is 10.1 Å². The summed E-state index contributed by atoms with van der Waals surface area (Å²) in [6.07, 6.45) is 1.31. The minimum atomic E-state index is -0.234. The van der Waals surface area contributed by atoms with Crippen LogP contribution in [-0.2, 0) is 4.79 Å². The zero-order valence-electron chi connectivity index (χ0n) is 18.5. The number of thiophene rings is 1. The molecule has 164 valence electrons. The first kappa shape index (κ1) is 22.8. The van der Waals surface area contributed by atoms with Crippen LogP contribution in [0.25, 0.3) is 0 Å². The van der Waals surface area contributed by atoms with E-state index in [0.717, 1.165) is 17.7 Å². The topological polar surface area (TPSA) is 82.4 Å². The number of hydrogen-bond donors (Lipinski definition) is 1. The van der Waals surface area contributed by atoms with Crippen molar-refractivity contribution in [1.82, 2.24) is 10.2 Å². The van der Waals surface area contributed by atoms with Gasteiger partial charge in [0.15, 0.2) is 0 Å². The van der Waals surface area contributed by atoms with Gasteiger partial charge < -0.3 is 15.0 Å². The second-order valence-corrected chi connectivity index (χ2v) is 9.73. The lowest BCUT2D eigenvalue weighted by molar-refractivity contribution is -0.131. The van der Waals surface area contributed by atoms with Crippen LogP contribution in [0.2, 0.25) is 0 Å². The van der Waals surface area contributed by atoms with Gasteiger partial charge in [-0.1, -0.05) is 32.9 Å². The van der Waals surface area contributed by atoms with E-state index in [2.05, 4.69) is 32.2 Å². The van der Waals surface area contributed by atoms with Crippen LogP contribution in [0.1, 0.15) is 59.6 Å². The van der Waals surface area contributed by atoms with Crippen molar-refractivity contribution < 1.29 is 14.3 Å². The molecule has 2 amide bonds. The van der Waals surface area contributed by atoms with Crippen molar-refractivity contribution in [1.29, 1.82) is 5.26 Å². The van der Waals surface area contributed by atoms with E-state index in [0.29, 0.717) is 29.3 Å². The van der Waals surface area contributed by atoms with Crippen molar-refractivity contribution in [2.24, 2.45) is 5.41 Å². The molecule has 1 aromatic heterocycles. The minimum Gasteiger partial charge on any atom is -0.497 e. The van der Waals surface area contributed by atoms with Gasteiger partial charge in [0.1, 0.15) is 16.7 Å². The normalized spacial score (nSPS) is 18.3. The number of amides is 2. The Kier molecular flexibility index (Phi) is 7.01. The Labute approximate surface area is 187 Å². The highest BCUT2D eigenvalue weighted by molar-refractivity contribution is 7.14. The van der Waals surface area contributed by atoms with E-state index in [9.17, 15) is 9.59 Å². The summed E-state index contributed by atoms with van der Waals surface area (Å²) in [7, 11) is 1.64. The molecular formula is C24H29N3O3S. The summed E-state index contributed by atoms with van der Waals surface area (Å²) in [6, 6.07) is 13.1. The molecule has 7 heteroatoms. The molecule has 1 aromatic carbocycles. The zero-order chi connectivity index (χ0) is 22.6. The largest absolute Gasteiger partial charge is 0.497 e. The molecule has 0 spiro atoms. The maximum atomic E-state index is 13.1. The van der Waals surface area contributed by atoms with Crippen LogP contribution in [0.5, 0.6) is 5.75 Å². The number of carbonyl (C=O) groups is 2. The quantitative estimate of drug-likeness (QED) is 0.702. The summed E-state index contributed by atoms with van der Waals surface area (Å²) in [5.41, 5.74) is 0.897. The van der Waals surface area contributed by atoms with Gasteiger partial charge in [-0.05, 0) is 42.2 Å². The molecule has 0 radical (unpaired) electrons. The van der Waals surface area contributed by atoms with Crippen LogP contribution in [0.3, 0.4) is 0 Å². The Morgan fingerprint density at radius 2 is 2.00 bits per heavy atom. The summed E-state index contributed by atoms with van der Waals surface area (Å²) >= 11 is 1.18. The molecule has 0 bridgehead atoms. The lowest BCUT2D eigenvalue weighted by Gasteiger charge is -2.25. The molecule has 2 atom stereocenters. The number of nitriles is 1. The Hall–Kier alpha value is -2.85. The molecule has 2 aromatic rings. The fourth-order valence-corrected chi connectivity index (χ4v) is 4.73. The van der Waals surface area contributed by atoms with E-state index in [1.807, 2.05) is 29.2 Å². The lowest BCUT2D eigenvalue weighted by atomic mass is 9.88. The van der Waals surface area contributed by atoms with Crippen molar-refractivity contribution >= 4 is 23.2 Å². The van der Waals surface area contributed by atoms with Crippen LogP contribution in [0, 0.1) is 16.7 Å². The highest BCUT2D eigenvalue weighted by Gasteiger charge is 2.42. The first-order valence-corrected chi connectivity index (χ1v) is 11.3. The third-order valence-corrected chi connectivity index (χ3v) is 7.03. The number of hydrogen-bond acceptors (Lipinski definition) is 5. The van der Waals surface area contributed by atoms with Gasteiger partial charge in [0.2, 0.25) is 5.91 Å². The summed E-state index contributed by atoms with van der Waals surface area (Å²) in [4.78, 5) is 28.6. The molecule has 2 unspecified atom stereocenters. The Balaban J connectivity index is 1.64. The molecule has 3 rings (SSSR count). The van der Waals surface area contributed by atoms with E-state index in [-0.39, 0.29) is 29.2 Å². The van der Waals surface area contributed by atoms with E-state index in [1.165, 1.54) is 11.3 Å². The second-order valence-electron chi connectivity index (χ2n) is 8.65. The number of methoxy groups -OCH3 is 1. The molecule has 1 aliphatic heterocycles. The lowest BCUT2D eigenvalue weighted by Crippen LogP contribution is -2.44. The fraction of sp³-hybridized carbons (Fsp3) is 0.458. The van der Waals surface area contributed by atoms with Gasteiger partial charge in [-0.3, -0.25) is 9.59 Å². The maximum Gasteiger partial charge on any atom is 0.261 e. The number of ether oxygens (including phenoxy) is 1. The molecule has 0 aliphatic carbocycles. The predicted molar refractivity (Wildman–Crippen MR) is 121 cm³/mol. The van der Waals surface area contributed by atoms with Crippen LogP contribution in [0.15, 0.2) is 36.4 Å². The molecule has 1 N–H and O–H groups in total. The molecule has 1 saturated heterocycles. The van der Waals surface area contributed by atoms with E-state index >= 15 is 0 Å². The number of nitrogens with zero attached hydrogens (tertiary/aromatic N) is 2. The highest BCUT2D eigenvalue weighted by atomic mass is 32.1. The molecular weight excluding hydrogens is 410 g/mol. The van der Waals surface area contributed by atoms with Crippen LogP contribution >= 0.6 is 11.3 Å². The van der Waals surface area contributed by atoms with Crippen LogP contribution in [-0.4, -0.2) is 43.0 Å². The Morgan fingerprint density at radius 1 is 1.29 bits per heavy atom. The summed E-state index contributed by atoms with van der Waals surface area (Å²) in [5, 5.41) is 12.0. The third-order valence-electron chi connectivity index (χ3n) is 6.04. The van der Waals surface area contributed by atoms with Crippen molar-refractivity contribution in [3.63, 3.8) is 0 Å². The van der Waals surface area contributed by atoms with Gasteiger partial charge in [-0.15, -0.1) is 11.3 Å². The van der Waals surface area contributed by atoms with E-state index in [1.54, 1.807) is 19.2 Å². The van der Waals surface area contributed by atoms with Gasteiger partial charge in [0.25, 0.3) is 5.91 Å². The standard InChI is InChI=1S/C24H29N3O3S/c1-5-16(17-6-8-18(30-4)9-7-17)12-22(28)27-14-21(24(2,3)15-27)26-23(29)20-11-10-19(13-25)31-20/h6-11,16,21H,5,12,14-15H2,1-4H3,(H,26,29). The van der Waals surface area contributed by atoms with E-state index in [4.69, 9.17) is 10.00 Å². The highest BCUT2D eigenvalue weighted by Crippen LogP contribution is 2.33. The van der Waals surface area contributed by atoms with Crippen molar-refractivity contribution in [2.45, 2.75) is 45.6 Å². The molecule has 1 aliphatic rings. The Morgan fingerprint density at radius 3 is 2.58 bits per heavy atom. The first-order chi connectivity index (χ1) is 14.8. The smallest absolute Gasteiger partial charge is 0.261 e. The number of carbonyl (C=O) groups excluding carboxylic acids is 2. The van der Waals surface area contributed by atoms with Gasteiger partial charge in [0.05, 0.1) is 18.0 Å². The molecule has 0 saturated carbocycles. The molecule has 2 heterocycles. The Bertz CT molecular complexity index is 975. The number of likely N-dealkylation sites (tertiary alicyclic amines) is 1. The number of nitrogens with one attached hydrogen (secondary N) is 1. The monoisotopic (exact) mass is 439 g/mol. The minimum absolute atomic E-state index is 0.107. The van der Waals surface area contributed by atoms with Crippen molar-refractivity contribution in [3.8, 4) is 11.8 Å². The summed E-state index contributed by atoms with van der Waals surface area (Å²) in [5.74, 6) is 0.863. The number of benzene rings is 1. The SMILES string of the molecule is CCC(CC(=O)N1CC(NC(=O)c2ccc(C#N)s2)C(C)(C)C1)c1ccc(OC)cc1. The summed E-state index contributed by atoms with van der Waals surface area (Å²) < 4.78 is 5.23. The average Bonchev–Trinajstić information content (AvgIpc) is 3.36. The maximum absolute atomic E-state index is 13.1. The van der Waals surface area contributed by atoms with Gasteiger partial charge >= 0.3 is 0 Å². The molecule has 31 heavy (non-hydrogen) atoms. The van der Waals surface area contributed by atoms with Gasteiger partial charge in [-0.2, -0.15) is 5.26 Å². The van der Waals surface area contributed by atoms with Gasteiger partial charge in [0, 0.05) is 24.9 Å². The van der Waals surface area contributed by atoms with Crippen molar-refractivity contribution in [2.75, 3.05) is 20.2 Å². The van der Waals surface area contributed by atoms with Crippen molar-refractivity contribution in [3.05, 3.63) is 51.7 Å². The predicted octanol–water partition coefficient (Wildman–Crippen LogP) is 4.18. The molecule has 6 nitrogen and oxygen atoms in total. The van der Waals surface area contributed by atoms with E-state index < -0.39 is 0 Å². The number of rotatable bonds is 7. The molecule has 1 fully saturated rings. The fourth-order valence-electron chi connectivity index (χ4n) is 4.03. The second kappa shape index (κ2) is 9.52. The van der Waals surface area contributed by atoms with Crippen LogP contribution in [0.4, 0.5) is 0 Å².